The third-order valence-electron chi connectivity index (χ3n) is 3.71. The number of benzene rings is 1. The summed E-state index contributed by atoms with van der Waals surface area (Å²) in [5, 5.41) is 6.59. The Bertz CT molecular complexity index is 686. The van der Waals surface area contributed by atoms with E-state index in [1.165, 1.54) is 0 Å². The van der Waals surface area contributed by atoms with Gasteiger partial charge < -0.3 is 15.2 Å². The van der Waals surface area contributed by atoms with Gasteiger partial charge >= 0.3 is 0 Å². The number of carbonyl (C=O) groups excluding carboxylic acids is 2. The van der Waals surface area contributed by atoms with Crippen LogP contribution in [0.15, 0.2) is 30.3 Å². The van der Waals surface area contributed by atoms with Crippen LogP contribution >= 0.6 is 0 Å². The van der Waals surface area contributed by atoms with Crippen molar-refractivity contribution in [3.05, 3.63) is 36.0 Å². The first-order valence-electron chi connectivity index (χ1n) is 7.35. The molecule has 1 aromatic carbocycles. The van der Waals surface area contributed by atoms with Crippen molar-refractivity contribution in [3.63, 3.8) is 0 Å². The van der Waals surface area contributed by atoms with E-state index in [9.17, 15) is 9.59 Å². The topological polar surface area (TPSA) is 63.1 Å². The van der Waals surface area contributed by atoms with Crippen molar-refractivity contribution in [2.75, 3.05) is 6.54 Å². The molecule has 5 heteroatoms. The molecule has 1 fully saturated rings. The summed E-state index contributed by atoms with van der Waals surface area (Å²) in [5.41, 5.74) is 1.63. The number of amides is 2. The molecule has 1 saturated carbocycles. The van der Waals surface area contributed by atoms with E-state index in [1.807, 2.05) is 41.8 Å². The quantitative estimate of drug-likeness (QED) is 0.877. The molecule has 0 unspecified atom stereocenters. The molecular weight excluding hydrogens is 266 g/mol. The van der Waals surface area contributed by atoms with Crippen LogP contribution in [0.1, 0.15) is 30.3 Å². The molecule has 0 saturated heterocycles. The molecule has 2 N–H and O–H groups in total. The fourth-order valence-corrected chi connectivity index (χ4v) is 2.50. The Hall–Kier alpha value is -2.30. The first-order chi connectivity index (χ1) is 10.2. The molecule has 0 spiro atoms. The van der Waals surface area contributed by atoms with Crippen LogP contribution in [0.3, 0.4) is 0 Å². The minimum absolute atomic E-state index is 0.0283. The van der Waals surface area contributed by atoms with E-state index in [-0.39, 0.29) is 18.4 Å². The minimum atomic E-state index is -0.209. The molecule has 5 nitrogen and oxygen atoms in total. The summed E-state index contributed by atoms with van der Waals surface area (Å²) in [6.45, 7) is 2.74. The fourth-order valence-electron chi connectivity index (χ4n) is 2.50. The van der Waals surface area contributed by atoms with Gasteiger partial charge in [-0.05, 0) is 31.9 Å². The van der Waals surface area contributed by atoms with Crippen LogP contribution in [0.25, 0.3) is 10.9 Å². The Balaban J connectivity index is 1.72. The third-order valence-corrected chi connectivity index (χ3v) is 3.71. The Labute approximate surface area is 123 Å². The van der Waals surface area contributed by atoms with Crippen molar-refractivity contribution in [1.29, 1.82) is 0 Å². The van der Waals surface area contributed by atoms with Crippen molar-refractivity contribution < 1.29 is 9.59 Å². The number of nitrogens with zero attached hydrogens (tertiary/aromatic N) is 1. The number of hydrogen-bond donors (Lipinski definition) is 2. The summed E-state index contributed by atoms with van der Waals surface area (Å²) in [6, 6.07) is 10.1. The number of carbonyl (C=O) groups is 2. The second kappa shape index (κ2) is 5.60. The van der Waals surface area contributed by atoms with Gasteiger partial charge in [-0.15, -0.1) is 0 Å². The molecule has 1 heterocycles. The molecular formula is C16H19N3O2. The van der Waals surface area contributed by atoms with Crippen LogP contribution in [-0.4, -0.2) is 29.0 Å². The lowest BCUT2D eigenvalue weighted by Crippen LogP contribution is -2.38. The van der Waals surface area contributed by atoms with Crippen molar-refractivity contribution in [2.24, 2.45) is 0 Å². The van der Waals surface area contributed by atoms with Gasteiger partial charge in [-0.3, -0.25) is 9.59 Å². The van der Waals surface area contributed by atoms with Gasteiger partial charge in [0.05, 0.1) is 6.54 Å². The summed E-state index contributed by atoms with van der Waals surface area (Å²) >= 11 is 0. The van der Waals surface area contributed by atoms with Crippen molar-refractivity contribution >= 4 is 22.7 Å². The van der Waals surface area contributed by atoms with E-state index < -0.39 is 0 Å². The van der Waals surface area contributed by atoms with Gasteiger partial charge in [-0.1, -0.05) is 18.2 Å². The number of hydrogen-bond acceptors (Lipinski definition) is 2. The molecule has 1 aliphatic carbocycles. The Morgan fingerprint density at radius 3 is 2.76 bits per heavy atom. The second-order valence-electron chi connectivity index (χ2n) is 5.36. The maximum absolute atomic E-state index is 12.3. The highest BCUT2D eigenvalue weighted by Gasteiger charge is 2.23. The van der Waals surface area contributed by atoms with Gasteiger partial charge in [0.15, 0.2) is 0 Å². The van der Waals surface area contributed by atoms with Crippen LogP contribution in [0.4, 0.5) is 0 Å². The molecule has 21 heavy (non-hydrogen) atoms. The van der Waals surface area contributed by atoms with Crippen molar-refractivity contribution in [2.45, 2.75) is 32.4 Å². The lowest BCUT2D eigenvalue weighted by molar-refractivity contribution is -0.120. The van der Waals surface area contributed by atoms with Gasteiger partial charge in [-0.2, -0.15) is 0 Å². The van der Waals surface area contributed by atoms with Crippen LogP contribution < -0.4 is 10.6 Å². The summed E-state index contributed by atoms with van der Waals surface area (Å²) < 4.78 is 1.96. The number of aromatic nitrogens is 1. The summed E-state index contributed by atoms with van der Waals surface area (Å²) in [6.07, 6.45) is 2.09. The lowest BCUT2D eigenvalue weighted by atomic mass is 10.2. The Kier molecular flexibility index (Phi) is 3.64. The molecule has 0 bridgehead atoms. The lowest BCUT2D eigenvalue weighted by Gasteiger charge is -2.09. The predicted octanol–water partition coefficient (Wildman–Crippen LogP) is 1.67. The third kappa shape index (κ3) is 2.91. The normalized spacial score (nSPS) is 14.1. The number of nitrogens with one attached hydrogen (secondary N) is 2. The Morgan fingerprint density at radius 2 is 2.05 bits per heavy atom. The first-order valence-corrected chi connectivity index (χ1v) is 7.35. The zero-order valence-electron chi connectivity index (χ0n) is 12.1. The second-order valence-corrected chi connectivity index (χ2v) is 5.36. The number of rotatable bonds is 5. The molecule has 0 radical (unpaired) electrons. The fraction of sp³-hybridized carbons (Fsp3) is 0.375. The highest BCUT2D eigenvalue weighted by atomic mass is 16.2. The largest absolute Gasteiger partial charge is 0.352 e. The molecule has 110 valence electrons. The predicted molar refractivity (Wildman–Crippen MR) is 81.1 cm³/mol. The standard InChI is InChI=1S/C16H19N3O2/c1-2-19-13-6-4-3-5-11(13)9-14(19)16(21)17-10-15(20)18-12-7-8-12/h3-6,9,12H,2,7-8,10H2,1H3,(H,17,21)(H,18,20). The molecule has 2 amide bonds. The molecule has 3 rings (SSSR count). The van der Waals surface area contributed by atoms with Crippen molar-refractivity contribution in [1.82, 2.24) is 15.2 Å². The number of fused-ring (bicyclic) bond motifs is 1. The zero-order valence-corrected chi connectivity index (χ0v) is 12.1. The van der Waals surface area contributed by atoms with Gasteiger partial charge in [0, 0.05) is 23.5 Å². The van der Waals surface area contributed by atoms with E-state index >= 15 is 0 Å². The Morgan fingerprint density at radius 1 is 1.29 bits per heavy atom. The van der Waals surface area contributed by atoms with Crippen LogP contribution in [-0.2, 0) is 11.3 Å². The van der Waals surface area contributed by atoms with E-state index in [2.05, 4.69) is 10.6 Å². The highest BCUT2D eigenvalue weighted by molar-refractivity contribution is 6.00. The first kappa shape index (κ1) is 13.7. The maximum Gasteiger partial charge on any atom is 0.268 e. The summed E-state index contributed by atoms with van der Waals surface area (Å²) in [5.74, 6) is -0.330. The summed E-state index contributed by atoms with van der Waals surface area (Å²) in [4.78, 5) is 23.9. The van der Waals surface area contributed by atoms with Gasteiger partial charge in [0.1, 0.15) is 5.69 Å². The van der Waals surface area contributed by atoms with Gasteiger partial charge in [0.2, 0.25) is 5.91 Å². The van der Waals surface area contributed by atoms with E-state index in [0.29, 0.717) is 18.3 Å². The minimum Gasteiger partial charge on any atom is -0.352 e. The van der Waals surface area contributed by atoms with Gasteiger partial charge in [0.25, 0.3) is 5.91 Å². The van der Waals surface area contributed by atoms with E-state index in [4.69, 9.17) is 0 Å². The number of aryl methyl sites for hydroxylation is 1. The average Bonchev–Trinajstić information content (AvgIpc) is 3.21. The summed E-state index contributed by atoms with van der Waals surface area (Å²) in [7, 11) is 0. The van der Waals surface area contributed by atoms with E-state index in [1.54, 1.807) is 0 Å². The zero-order chi connectivity index (χ0) is 14.8. The average molecular weight is 285 g/mol. The maximum atomic E-state index is 12.3. The molecule has 0 aliphatic heterocycles. The molecule has 1 aliphatic rings. The smallest absolute Gasteiger partial charge is 0.268 e. The number of para-hydroxylation sites is 1. The van der Waals surface area contributed by atoms with E-state index in [0.717, 1.165) is 23.7 Å². The van der Waals surface area contributed by atoms with Crippen LogP contribution in [0.2, 0.25) is 0 Å². The van der Waals surface area contributed by atoms with Crippen LogP contribution in [0.5, 0.6) is 0 Å². The van der Waals surface area contributed by atoms with Crippen molar-refractivity contribution in [3.8, 4) is 0 Å². The van der Waals surface area contributed by atoms with Crippen LogP contribution in [0, 0.1) is 0 Å². The monoisotopic (exact) mass is 285 g/mol. The SMILES string of the molecule is CCn1c(C(=O)NCC(=O)NC2CC2)cc2ccccc21. The molecule has 2 aromatic rings. The molecule has 0 atom stereocenters. The van der Waals surface area contributed by atoms with Gasteiger partial charge in [-0.25, -0.2) is 0 Å². The highest BCUT2D eigenvalue weighted by Crippen LogP contribution is 2.20. The molecule has 1 aromatic heterocycles.